The van der Waals surface area contributed by atoms with Gasteiger partial charge < -0.3 is 10.2 Å². The van der Waals surface area contributed by atoms with Gasteiger partial charge in [0.2, 0.25) is 21.9 Å². The molecule has 2 heterocycles. The molecule has 8 nitrogen and oxygen atoms in total. The highest BCUT2D eigenvalue weighted by Crippen LogP contribution is 2.16. The molecule has 0 saturated carbocycles. The van der Waals surface area contributed by atoms with Gasteiger partial charge in [-0.3, -0.25) is 4.79 Å². The molecule has 1 aliphatic rings. The molecule has 24 heavy (non-hydrogen) atoms. The quantitative estimate of drug-likeness (QED) is 0.750. The molecule has 0 aromatic carbocycles. The van der Waals surface area contributed by atoms with E-state index in [0.29, 0.717) is 18.1 Å². The van der Waals surface area contributed by atoms with Crippen LogP contribution in [0.25, 0.3) is 0 Å². The first-order chi connectivity index (χ1) is 11.4. The normalized spacial score (nSPS) is 15.0. The van der Waals surface area contributed by atoms with Crippen molar-refractivity contribution in [3.05, 3.63) is 12.4 Å². The lowest BCUT2D eigenvalue weighted by atomic mass is 10.4. The van der Waals surface area contributed by atoms with Gasteiger partial charge in [0, 0.05) is 20.1 Å². The van der Waals surface area contributed by atoms with Crippen LogP contribution >= 0.6 is 0 Å². The van der Waals surface area contributed by atoms with Crippen LogP contribution < -0.4 is 10.2 Å². The highest BCUT2D eigenvalue weighted by molar-refractivity contribution is 7.89. The largest absolute Gasteiger partial charge is 0.341 e. The van der Waals surface area contributed by atoms with Crippen LogP contribution in [0.2, 0.25) is 0 Å². The average molecular weight is 355 g/mol. The minimum absolute atomic E-state index is 0.0565. The van der Waals surface area contributed by atoms with Gasteiger partial charge in [-0.25, -0.2) is 18.4 Å². The Morgan fingerprint density at radius 3 is 2.50 bits per heavy atom. The Morgan fingerprint density at radius 2 is 1.92 bits per heavy atom. The van der Waals surface area contributed by atoms with Crippen molar-refractivity contribution in [1.29, 1.82) is 0 Å². The third kappa shape index (κ3) is 5.13. The number of likely N-dealkylation sites (N-methyl/N-ethyl adjacent to an activating group) is 1. The van der Waals surface area contributed by atoms with Crippen LogP contribution in [0.3, 0.4) is 0 Å². The summed E-state index contributed by atoms with van der Waals surface area (Å²) in [6.45, 7) is 3.60. The first-order valence-corrected chi connectivity index (χ1v) is 9.84. The fraction of sp³-hybridized carbons (Fsp3) is 0.667. The van der Waals surface area contributed by atoms with Crippen molar-refractivity contribution in [2.24, 2.45) is 0 Å². The van der Waals surface area contributed by atoms with E-state index >= 15 is 0 Å². The SMILES string of the molecule is CCCCS(=O)(=O)N(C)CC(=O)Nc1cnc(N2CCCC2)nc1. The second kappa shape index (κ2) is 8.39. The second-order valence-corrected chi connectivity index (χ2v) is 8.14. The van der Waals surface area contributed by atoms with E-state index in [1.807, 2.05) is 6.92 Å². The van der Waals surface area contributed by atoms with Crippen molar-refractivity contribution < 1.29 is 13.2 Å². The van der Waals surface area contributed by atoms with E-state index in [9.17, 15) is 13.2 Å². The number of sulfonamides is 1. The first kappa shape index (κ1) is 18.6. The zero-order valence-corrected chi connectivity index (χ0v) is 15.0. The molecule has 1 saturated heterocycles. The van der Waals surface area contributed by atoms with E-state index in [1.54, 1.807) is 12.4 Å². The van der Waals surface area contributed by atoms with Crippen LogP contribution in [0.1, 0.15) is 32.6 Å². The van der Waals surface area contributed by atoms with Gasteiger partial charge in [0.15, 0.2) is 0 Å². The summed E-state index contributed by atoms with van der Waals surface area (Å²) in [4.78, 5) is 22.6. The predicted octanol–water partition coefficient (Wildman–Crippen LogP) is 1.08. The van der Waals surface area contributed by atoms with Crippen LogP contribution in [-0.4, -0.2) is 61.0 Å². The molecule has 0 spiro atoms. The molecule has 9 heteroatoms. The second-order valence-electron chi connectivity index (χ2n) is 5.94. The lowest BCUT2D eigenvalue weighted by molar-refractivity contribution is -0.116. The number of nitrogens with zero attached hydrogens (tertiary/aromatic N) is 4. The molecule has 2 rings (SSSR count). The van der Waals surface area contributed by atoms with E-state index in [-0.39, 0.29) is 12.3 Å². The van der Waals surface area contributed by atoms with Crippen LogP contribution in [0.5, 0.6) is 0 Å². The van der Waals surface area contributed by atoms with E-state index in [1.165, 1.54) is 7.05 Å². The third-order valence-corrected chi connectivity index (χ3v) is 5.79. The number of nitrogens with one attached hydrogen (secondary N) is 1. The number of rotatable bonds is 8. The summed E-state index contributed by atoms with van der Waals surface area (Å²) < 4.78 is 25.1. The summed E-state index contributed by atoms with van der Waals surface area (Å²) >= 11 is 0. The van der Waals surface area contributed by atoms with Gasteiger partial charge in [-0.15, -0.1) is 0 Å². The summed E-state index contributed by atoms with van der Waals surface area (Å²) in [7, 11) is -1.98. The molecule has 1 aromatic rings. The Morgan fingerprint density at radius 1 is 1.29 bits per heavy atom. The van der Waals surface area contributed by atoms with Crippen molar-refractivity contribution >= 4 is 27.6 Å². The van der Waals surface area contributed by atoms with Crippen LogP contribution in [0, 0.1) is 0 Å². The summed E-state index contributed by atoms with van der Waals surface area (Å²) in [5.74, 6) is 0.306. The molecule has 0 atom stereocenters. The molecule has 1 amide bonds. The minimum atomic E-state index is -3.39. The van der Waals surface area contributed by atoms with Crippen molar-refractivity contribution in [3.8, 4) is 0 Å². The smallest absolute Gasteiger partial charge is 0.239 e. The zero-order valence-electron chi connectivity index (χ0n) is 14.2. The number of aromatic nitrogens is 2. The van der Waals surface area contributed by atoms with Gasteiger partial charge in [0.25, 0.3) is 0 Å². The van der Waals surface area contributed by atoms with Crippen LogP contribution in [-0.2, 0) is 14.8 Å². The van der Waals surface area contributed by atoms with Crippen LogP contribution in [0.4, 0.5) is 11.6 Å². The fourth-order valence-corrected chi connectivity index (χ4v) is 3.73. The Labute approximate surface area is 143 Å². The number of hydrogen-bond donors (Lipinski definition) is 1. The Hall–Kier alpha value is -1.74. The molecule has 0 radical (unpaired) electrons. The predicted molar refractivity (Wildman–Crippen MR) is 93.4 cm³/mol. The molecular formula is C15H25N5O3S. The molecule has 0 bridgehead atoms. The molecule has 1 aliphatic heterocycles. The van der Waals surface area contributed by atoms with Gasteiger partial charge in [-0.1, -0.05) is 13.3 Å². The highest BCUT2D eigenvalue weighted by atomic mass is 32.2. The first-order valence-electron chi connectivity index (χ1n) is 8.23. The van der Waals surface area contributed by atoms with E-state index in [0.717, 1.165) is 36.7 Å². The summed E-state index contributed by atoms with van der Waals surface area (Å²) in [6.07, 6.45) is 6.75. The Bertz CT molecular complexity index is 642. The van der Waals surface area contributed by atoms with Crippen molar-refractivity contribution in [2.75, 3.05) is 42.7 Å². The Kier molecular flexibility index (Phi) is 6.50. The zero-order chi connectivity index (χ0) is 17.6. The fourth-order valence-electron chi connectivity index (χ4n) is 2.45. The monoisotopic (exact) mass is 355 g/mol. The molecule has 1 fully saturated rings. The third-order valence-electron chi connectivity index (χ3n) is 3.91. The lowest BCUT2D eigenvalue weighted by Crippen LogP contribution is -2.36. The number of carbonyl (C=O) groups is 1. The maximum Gasteiger partial charge on any atom is 0.239 e. The number of amides is 1. The summed E-state index contributed by atoms with van der Waals surface area (Å²) in [6, 6.07) is 0. The van der Waals surface area contributed by atoms with Gasteiger partial charge in [-0.2, -0.15) is 4.31 Å². The number of unbranched alkanes of at least 4 members (excludes halogenated alkanes) is 1. The summed E-state index contributed by atoms with van der Waals surface area (Å²) in [5.41, 5.74) is 0.460. The maximum atomic E-state index is 12.0. The van der Waals surface area contributed by atoms with Gasteiger partial charge in [0.1, 0.15) is 0 Å². The number of hydrogen-bond acceptors (Lipinski definition) is 6. The average Bonchev–Trinajstić information content (AvgIpc) is 3.08. The van der Waals surface area contributed by atoms with Crippen LogP contribution in [0.15, 0.2) is 12.4 Å². The molecule has 134 valence electrons. The van der Waals surface area contributed by atoms with Crippen molar-refractivity contribution in [2.45, 2.75) is 32.6 Å². The number of carbonyl (C=O) groups excluding carboxylic acids is 1. The van der Waals surface area contributed by atoms with E-state index < -0.39 is 15.9 Å². The minimum Gasteiger partial charge on any atom is -0.341 e. The molecule has 1 aromatic heterocycles. The van der Waals surface area contributed by atoms with Crippen molar-refractivity contribution in [1.82, 2.24) is 14.3 Å². The highest BCUT2D eigenvalue weighted by Gasteiger charge is 2.20. The topological polar surface area (TPSA) is 95.5 Å². The molecule has 0 unspecified atom stereocenters. The van der Waals surface area contributed by atoms with Gasteiger partial charge in [0.05, 0.1) is 30.4 Å². The summed E-state index contributed by atoms with van der Waals surface area (Å²) in [5, 5.41) is 2.63. The number of anilines is 2. The molecule has 0 aliphatic carbocycles. The van der Waals surface area contributed by atoms with E-state index in [2.05, 4.69) is 20.2 Å². The standard InChI is InChI=1S/C15H25N5O3S/c1-3-4-9-24(22,23)19(2)12-14(21)18-13-10-16-15(17-11-13)20-7-5-6-8-20/h10-11H,3-9,12H2,1-2H3,(H,18,21). The maximum absolute atomic E-state index is 12.0. The lowest BCUT2D eigenvalue weighted by Gasteiger charge is -2.17. The van der Waals surface area contributed by atoms with E-state index in [4.69, 9.17) is 0 Å². The molecule has 1 N–H and O–H groups in total. The Balaban J connectivity index is 1.87. The molecular weight excluding hydrogens is 330 g/mol. The van der Waals surface area contributed by atoms with Gasteiger partial charge >= 0.3 is 0 Å². The van der Waals surface area contributed by atoms with Crippen molar-refractivity contribution in [3.63, 3.8) is 0 Å². The van der Waals surface area contributed by atoms with Gasteiger partial charge in [-0.05, 0) is 19.3 Å².